The highest BCUT2D eigenvalue weighted by Crippen LogP contribution is 2.45. The van der Waals surface area contributed by atoms with Crippen LogP contribution in [0, 0.1) is 0 Å². The molecule has 0 aromatic rings. The summed E-state index contributed by atoms with van der Waals surface area (Å²) in [5, 5.41) is 20.5. The van der Waals surface area contributed by atoms with Gasteiger partial charge >= 0.3 is 33.6 Å². The van der Waals surface area contributed by atoms with Crippen molar-refractivity contribution in [1.82, 2.24) is 0 Å². The third-order valence-electron chi connectivity index (χ3n) is 13.8. The zero-order valence-corrected chi connectivity index (χ0v) is 58.0. The number of aliphatic hydroxyl groups is 2. The molecule has 0 spiro atoms. The third kappa shape index (κ3) is 66.9. The highest BCUT2D eigenvalue weighted by molar-refractivity contribution is 7.47. The van der Waals surface area contributed by atoms with Crippen LogP contribution in [0.15, 0.2) is 134 Å². The second-order valence-electron chi connectivity index (χ2n) is 22.6. The second kappa shape index (κ2) is 65.7. The van der Waals surface area contributed by atoms with Crippen molar-refractivity contribution in [3.8, 4) is 0 Å². The molecule has 0 aliphatic heterocycles. The van der Waals surface area contributed by atoms with Crippen LogP contribution in [0.2, 0.25) is 0 Å². The van der Waals surface area contributed by atoms with Crippen LogP contribution in [0.5, 0.6) is 0 Å². The maximum atomic E-state index is 12.9. The molecule has 0 rings (SSSR count). The van der Waals surface area contributed by atoms with E-state index in [0.717, 1.165) is 180 Å². The van der Waals surface area contributed by atoms with Crippen molar-refractivity contribution in [3.05, 3.63) is 134 Å². The fourth-order valence-corrected chi connectivity index (χ4v) is 10.2. The molecule has 0 saturated carbocycles. The van der Waals surface area contributed by atoms with Gasteiger partial charge in [0.15, 0.2) is 6.10 Å². The highest BCUT2D eigenvalue weighted by atomic mass is 31.2. The molecule has 0 heterocycles. The van der Waals surface area contributed by atoms with Gasteiger partial charge < -0.3 is 34.2 Å². The number of allylic oxidation sites excluding steroid dienone is 22. The third-order valence-corrected chi connectivity index (χ3v) is 15.7. The predicted molar refractivity (Wildman–Crippen MR) is 371 cm³/mol. The average Bonchev–Trinajstić information content (AvgIpc) is 3.58. The molecule has 0 aromatic heterocycles. The molecule has 0 aromatic carbocycles. The lowest BCUT2D eigenvalue weighted by molar-refractivity contribution is -0.161. The van der Waals surface area contributed by atoms with E-state index >= 15 is 0 Å². The van der Waals surface area contributed by atoms with Gasteiger partial charge in [-0.1, -0.05) is 238 Å². The fraction of sp³-hybridized carbons (Fsp3) is 0.658. The molecule has 0 fully saturated rings. The van der Waals surface area contributed by atoms with Crippen molar-refractivity contribution < 1.29 is 75.8 Å². The molecule has 0 saturated heterocycles. The monoisotopic (exact) mass is 1320 g/mol. The SMILES string of the molecule is CC/C=C\C/C=C\C/C=C\C/C=C\C/C=C\CCCCCCCCCC(=O)OCC(O)COP(=O)(O)OCC(O)COP(=O)(O)OCC(COC(=O)CCCCCCC/C=C\C/C=C\C/C=C\C/C=C\C/C=C\CC)OC(=O)CCCCCCC/C=C\CCCC. The Morgan fingerprint density at radius 2 is 0.582 bits per heavy atom. The number of hydrogen-bond donors (Lipinski definition) is 4. The van der Waals surface area contributed by atoms with Gasteiger partial charge in [0.2, 0.25) is 0 Å². The summed E-state index contributed by atoms with van der Waals surface area (Å²) >= 11 is 0. The van der Waals surface area contributed by atoms with Crippen LogP contribution >= 0.6 is 15.6 Å². The van der Waals surface area contributed by atoms with E-state index in [9.17, 15) is 43.5 Å². The zero-order chi connectivity index (χ0) is 66.7. The molecule has 5 atom stereocenters. The van der Waals surface area contributed by atoms with E-state index < -0.39 is 91.5 Å². The van der Waals surface area contributed by atoms with Crippen molar-refractivity contribution in [3.63, 3.8) is 0 Å². The smallest absolute Gasteiger partial charge is 0.463 e. The van der Waals surface area contributed by atoms with E-state index in [0.29, 0.717) is 19.3 Å². The molecular weight excluding hydrogens is 1190 g/mol. The lowest BCUT2D eigenvalue weighted by atomic mass is 10.1. The number of carbonyl (C=O) groups excluding carboxylic acids is 3. The molecule has 16 nitrogen and oxygen atoms in total. The summed E-state index contributed by atoms with van der Waals surface area (Å²) in [6.07, 6.45) is 76.5. The Morgan fingerprint density at radius 1 is 0.319 bits per heavy atom. The molecule has 4 N–H and O–H groups in total. The fourth-order valence-electron chi connectivity index (χ4n) is 8.60. The molecule has 18 heteroatoms. The molecule has 5 unspecified atom stereocenters. The van der Waals surface area contributed by atoms with Crippen LogP contribution in [0.25, 0.3) is 0 Å². The van der Waals surface area contributed by atoms with Crippen LogP contribution in [0.1, 0.15) is 252 Å². The Labute approximate surface area is 550 Å². The standard InChI is InChI=1S/C73H122O16P2/c1-4-7-10-13-16-19-22-24-26-28-30-32-33-35-37-38-40-42-45-47-50-53-56-59-71(76)83-62-68(74)63-85-90(79,80)86-64-69(75)65-87-91(81,82)88-67-70(89-73(78)61-58-55-52-49-44-21-18-15-12-9-6-3)66-84-72(77)60-57-54-51-48-46-43-41-39-36-34-31-29-27-25-23-20-17-14-11-8-5-2/h7-8,10-11,15-20,24-27,30-32,34-35,37,39,41,68-70,74-75H,4-6,9,12-14,21-23,28-29,33,36,38,40,42-67H2,1-3H3,(H,79,80)(H,81,82)/b10-7-,11-8-,18-15-,19-16-,20-17-,26-24-,27-25-,32-30-,34-31-,37-35-,41-39-. The number of rotatable bonds is 64. The Bertz CT molecular complexity index is 2190. The van der Waals surface area contributed by atoms with E-state index in [1.54, 1.807) is 0 Å². The second-order valence-corrected chi connectivity index (χ2v) is 25.5. The molecule has 0 radical (unpaired) electrons. The molecule has 91 heavy (non-hydrogen) atoms. The molecule has 0 aliphatic rings. The molecule has 0 bridgehead atoms. The van der Waals surface area contributed by atoms with Gasteiger partial charge in [-0.15, -0.1) is 0 Å². The summed E-state index contributed by atoms with van der Waals surface area (Å²) in [5.41, 5.74) is 0. The minimum atomic E-state index is -4.93. The maximum absolute atomic E-state index is 12.9. The molecule has 0 aliphatic carbocycles. The lowest BCUT2D eigenvalue weighted by Gasteiger charge is -2.21. The number of phosphoric acid groups is 2. The molecule has 520 valence electrons. The van der Waals surface area contributed by atoms with Crippen molar-refractivity contribution in [2.75, 3.05) is 39.6 Å². The first kappa shape index (κ1) is 86.7. The van der Waals surface area contributed by atoms with Crippen LogP contribution in [0.3, 0.4) is 0 Å². The number of carbonyl (C=O) groups is 3. The lowest BCUT2D eigenvalue weighted by Crippen LogP contribution is -2.30. The summed E-state index contributed by atoms with van der Waals surface area (Å²) < 4.78 is 60.8. The average molecular weight is 1320 g/mol. The van der Waals surface area contributed by atoms with Crippen molar-refractivity contribution in [2.45, 2.75) is 270 Å². The number of phosphoric ester groups is 2. The van der Waals surface area contributed by atoms with Crippen LogP contribution in [-0.4, -0.2) is 95.9 Å². The Morgan fingerprint density at radius 3 is 0.934 bits per heavy atom. The number of ether oxygens (including phenoxy) is 3. The minimum Gasteiger partial charge on any atom is -0.463 e. The van der Waals surface area contributed by atoms with Gasteiger partial charge in [0, 0.05) is 19.3 Å². The first-order valence-electron chi connectivity index (χ1n) is 34.5. The quantitative estimate of drug-likeness (QED) is 0.0146. The number of esters is 3. The van der Waals surface area contributed by atoms with E-state index in [4.69, 9.17) is 32.3 Å². The van der Waals surface area contributed by atoms with Crippen molar-refractivity contribution >= 4 is 33.6 Å². The van der Waals surface area contributed by atoms with Gasteiger partial charge in [0.05, 0.1) is 26.4 Å². The van der Waals surface area contributed by atoms with Gasteiger partial charge in [0.1, 0.15) is 25.4 Å². The van der Waals surface area contributed by atoms with Crippen molar-refractivity contribution in [2.24, 2.45) is 0 Å². The summed E-state index contributed by atoms with van der Waals surface area (Å²) in [6.45, 7) is 2.33. The highest BCUT2D eigenvalue weighted by Gasteiger charge is 2.29. The summed E-state index contributed by atoms with van der Waals surface area (Å²) in [7, 11) is -9.79. The van der Waals surface area contributed by atoms with Gasteiger partial charge in [0.25, 0.3) is 0 Å². The van der Waals surface area contributed by atoms with Gasteiger partial charge in [-0.05, 0) is 128 Å². The van der Waals surface area contributed by atoms with Crippen LogP contribution in [0.4, 0.5) is 0 Å². The first-order chi connectivity index (χ1) is 44.2. The van der Waals surface area contributed by atoms with Gasteiger partial charge in [-0.2, -0.15) is 0 Å². The summed E-state index contributed by atoms with van der Waals surface area (Å²) in [4.78, 5) is 58.3. The summed E-state index contributed by atoms with van der Waals surface area (Å²) in [6, 6.07) is 0. The van der Waals surface area contributed by atoms with Crippen molar-refractivity contribution in [1.29, 1.82) is 0 Å². The number of unbranched alkanes of at least 4 members (excludes halogenated alkanes) is 19. The van der Waals surface area contributed by atoms with Crippen LogP contribution in [-0.2, 0) is 55.8 Å². The topological polar surface area (TPSA) is 231 Å². The predicted octanol–water partition coefficient (Wildman–Crippen LogP) is 19.2. The Kier molecular flexibility index (Phi) is 62.6. The maximum Gasteiger partial charge on any atom is 0.472 e. The van der Waals surface area contributed by atoms with Gasteiger partial charge in [-0.25, -0.2) is 9.13 Å². The largest absolute Gasteiger partial charge is 0.472 e. The van der Waals surface area contributed by atoms with E-state index in [2.05, 4.69) is 154 Å². The van der Waals surface area contributed by atoms with E-state index in [-0.39, 0.29) is 19.3 Å². The zero-order valence-electron chi connectivity index (χ0n) is 56.2. The minimum absolute atomic E-state index is 0.0856. The van der Waals surface area contributed by atoms with E-state index in [1.807, 2.05) is 0 Å². The summed E-state index contributed by atoms with van der Waals surface area (Å²) in [5.74, 6) is -1.63. The molecular formula is C73H122O16P2. The number of hydrogen-bond acceptors (Lipinski definition) is 14. The Balaban J connectivity index is 4.60. The Hall–Kier alpha value is -4.31. The normalized spacial score (nSPS) is 15.0. The van der Waals surface area contributed by atoms with E-state index in [1.165, 1.54) is 12.8 Å². The number of aliphatic hydroxyl groups excluding tert-OH is 2. The van der Waals surface area contributed by atoms with Crippen LogP contribution < -0.4 is 0 Å². The first-order valence-corrected chi connectivity index (χ1v) is 37.5. The molecule has 0 amide bonds. The van der Waals surface area contributed by atoms with Gasteiger partial charge in [-0.3, -0.25) is 32.5 Å².